The Morgan fingerprint density at radius 1 is 1.00 bits per heavy atom. The number of benzene rings is 2. The van der Waals surface area contributed by atoms with Crippen molar-refractivity contribution in [3.8, 4) is 0 Å². The van der Waals surface area contributed by atoms with Crippen molar-refractivity contribution in [3.63, 3.8) is 0 Å². The fourth-order valence-corrected chi connectivity index (χ4v) is 6.38. The summed E-state index contributed by atoms with van der Waals surface area (Å²) in [5, 5.41) is 0.00870. The minimum Gasteiger partial charge on any atom is -0.408 e. The van der Waals surface area contributed by atoms with Gasteiger partial charge in [-0.05, 0) is 68.1 Å². The molecule has 1 amide bonds. The zero-order chi connectivity index (χ0) is 27.4. The monoisotopic (exact) mass is 543 g/mol. The zero-order valence-corrected chi connectivity index (χ0v) is 25.0. The van der Waals surface area contributed by atoms with E-state index < -0.39 is 18.4 Å². The number of carbonyl (C=O) groups is 1. The Kier molecular flexibility index (Phi) is 9.21. The van der Waals surface area contributed by atoms with E-state index in [9.17, 15) is 13.2 Å². The highest BCUT2D eigenvalue weighted by molar-refractivity contribution is 7.86. The predicted molar refractivity (Wildman–Crippen MR) is 150 cm³/mol. The van der Waals surface area contributed by atoms with Crippen LogP contribution >= 0.6 is 0 Å². The molecule has 37 heavy (non-hydrogen) atoms. The van der Waals surface area contributed by atoms with Gasteiger partial charge in [-0.25, -0.2) is 0 Å². The number of carbonyl (C=O) groups excluding carboxylic acids is 1. The molecule has 0 saturated carbocycles. The van der Waals surface area contributed by atoms with Crippen molar-refractivity contribution < 1.29 is 21.8 Å². The summed E-state index contributed by atoms with van der Waals surface area (Å²) in [7, 11) is -5.98. The standard InChI is InChI=1S/C29H41NO5SSi/c1-22-15-17-26(18-16-22)36(32,33)34-19-11-14-25-20-27(31)30(21-24-12-9-8-10-13-24)23(2)28(25)35-37(6,7)29(3,4)5/h8-10,12-13,15-18,20,23,28H,11,14,19,21H2,1-7H3/t23-,28-/m0/s1. The first-order valence-electron chi connectivity index (χ1n) is 12.9. The van der Waals surface area contributed by atoms with Crippen molar-refractivity contribution in [2.45, 2.75) is 89.2 Å². The first-order chi connectivity index (χ1) is 17.2. The Labute approximate surface area is 223 Å². The Morgan fingerprint density at radius 3 is 2.22 bits per heavy atom. The lowest BCUT2D eigenvalue weighted by Crippen LogP contribution is -2.54. The first-order valence-corrected chi connectivity index (χ1v) is 17.2. The Morgan fingerprint density at radius 2 is 1.62 bits per heavy atom. The third-order valence-electron chi connectivity index (χ3n) is 7.47. The molecule has 0 fully saturated rings. The number of hydrogen-bond acceptors (Lipinski definition) is 5. The molecule has 1 aliphatic rings. The van der Waals surface area contributed by atoms with Crippen LogP contribution in [0.1, 0.15) is 51.7 Å². The molecule has 0 N–H and O–H groups in total. The normalized spacial score (nSPS) is 19.2. The maximum absolute atomic E-state index is 13.2. The van der Waals surface area contributed by atoms with E-state index >= 15 is 0 Å². The molecule has 3 rings (SSSR count). The summed E-state index contributed by atoms with van der Waals surface area (Å²) >= 11 is 0. The summed E-state index contributed by atoms with van der Waals surface area (Å²) in [4.78, 5) is 15.2. The summed E-state index contributed by atoms with van der Waals surface area (Å²) < 4.78 is 37.3. The summed E-state index contributed by atoms with van der Waals surface area (Å²) in [6.45, 7) is 15.5. The van der Waals surface area contributed by atoms with Crippen LogP contribution in [0.15, 0.2) is 71.1 Å². The SMILES string of the molecule is Cc1ccc(S(=O)(=O)OCCCC2=CC(=O)N(Cc3ccccc3)[C@@H](C)[C@@H]2O[Si](C)(C)C(C)(C)C)cc1. The minimum atomic E-state index is -3.83. The van der Waals surface area contributed by atoms with E-state index in [0.717, 1.165) is 16.7 Å². The van der Waals surface area contributed by atoms with Gasteiger partial charge < -0.3 is 9.33 Å². The van der Waals surface area contributed by atoms with Gasteiger partial charge in [0.25, 0.3) is 10.1 Å². The molecule has 1 heterocycles. The van der Waals surface area contributed by atoms with Gasteiger partial charge in [0.15, 0.2) is 8.32 Å². The number of hydrogen-bond donors (Lipinski definition) is 0. The van der Waals surface area contributed by atoms with Gasteiger partial charge in [0.2, 0.25) is 5.91 Å². The van der Waals surface area contributed by atoms with Gasteiger partial charge in [0.05, 0.1) is 23.6 Å². The topological polar surface area (TPSA) is 72.9 Å². The van der Waals surface area contributed by atoms with Crippen LogP contribution in [0.2, 0.25) is 18.1 Å². The van der Waals surface area contributed by atoms with Crippen molar-refractivity contribution >= 4 is 24.3 Å². The smallest absolute Gasteiger partial charge is 0.296 e. The number of nitrogens with zero attached hydrogens (tertiary/aromatic N) is 1. The van der Waals surface area contributed by atoms with Gasteiger partial charge in [-0.1, -0.05) is 68.8 Å². The van der Waals surface area contributed by atoms with E-state index in [4.69, 9.17) is 8.61 Å². The molecule has 8 heteroatoms. The Bertz CT molecular complexity index is 1200. The van der Waals surface area contributed by atoms with Crippen molar-refractivity contribution in [3.05, 3.63) is 77.4 Å². The van der Waals surface area contributed by atoms with Crippen LogP contribution in [-0.4, -0.2) is 46.3 Å². The van der Waals surface area contributed by atoms with E-state index in [1.54, 1.807) is 30.3 Å². The molecule has 0 saturated heterocycles. The quantitative estimate of drug-likeness (QED) is 0.202. The molecule has 2 aromatic rings. The molecule has 0 spiro atoms. The lowest BCUT2D eigenvalue weighted by atomic mass is 9.93. The lowest BCUT2D eigenvalue weighted by Gasteiger charge is -2.46. The summed E-state index contributed by atoms with van der Waals surface area (Å²) in [6, 6.07) is 16.4. The fraction of sp³-hybridized carbons (Fsp3) is 0.483. The molecule has 202 valence electrons. The minimum absolute atomic E-state index is 0.00870. The average molecular weight is 544 g/mol. The largest absolute Gasteiger partial charge is 0.408 e. The van der Waals surface area contributed by atoms with Crippen LogP contribution in [0.3, 0.4) is 0 Å². The molecule has 0 radical (unpaired) electrons. The van der Waals surface area contributed by atoms with Crippen LogP contribution < -0.4 is 0 Å². The van der Waals surface area contributed by atoms with E-state index in [1.807, 2.05) is 49.1 Å². The number of aryl methyl sites for hydroxylation is 1. The second-order valence-corrected chi connectivity index (χ2v) is 17.8. The molecule has 1 aliphatic heterocycles. The Hall–Kier alpha value is -2.26. The van der Waals surface area contributed by atoms with E-state index in [1.165, 1.54) is 0 Å². The van der Waals surface area contributed by atoms with Crippen molar-refractivity contribution in [1.82, 2.24) is 4.90 Å². The summed E-state index contributed by atoms with van der Waals surface area (Å²) in [5.74, 6) is -0.0466. The van der Waals surface area contributed by atoms with E-state index in [0.29, 0.717) is 19.4 Å². The highest BCUT2D eigenvalue weighted by Gasteiger charge is 2.43. The second kappa shape index (κ2) is 11.6. The maximum atomic E-state index is 13.2. The van der Waals surface area contributed by atoms with Crippen LogP contribution in [0, 0.1) is 6.92 Å². The third kappa shape index (κ3) is 7.41. The number of rotatable bonds is 10. The zero-order valence-electron chi connectivity index (χ0n) is 23.2. The predicted octanol–water partition coefficient (Wildman–Crippen LogP) is 6.23. The third-order valence-corrected chi connectivity index (χ3v) is 13.3. The summed E-state index contributed by atoms with van der Waals surface area (Å²) in [5.41, 5.74) is 2.96. The van der Waals surface area contributed by atoms with Crippen molar-refractivity contribution in [2.24, 2.45) is 0 Å². The molecule has 0 aliphatic carbocycles. The molecule has 2 atom stereocenters. The number of amides is 1. The lowest BCUT2D eigenvalue weighted by molar-refractivity contribution is -0.132. The highest BCUT2D eigenvalue weighted by Crippen LogP contribution is 2.40. The van der Waals surface area contributed by atoms with Gasteiger partial charge in [-0.15, -0.1) is 0 Å². The van der Waals surface area contributed by atoms with Crippen LogP contribution in [0.5, 0.6) is 0 Å². The molecular formula is C29H41NO5SSi. The molecule has 2 aromatic carbocycles. The van der Waals surface area contributed by atoms with Crippen LogP contribution in [0.25, 0.3) is 0 Å². The summed E-state index contributed by atoms with van der Waals surface area (Å²) in [6.07, 6.45) is 2.43. The Balaban J connectivity index is 1.76. The molecule has 0 bridgehead atoms. The molecule has 6 nitrogen and oxygen atoms in total. The molecule has 0 unspecified atom stereocenters. The molecule has 0 aromatic heterocycles. The van der Waals surface area contributed by atoms with Crippen molar-refractivity contribution in [2.75, 3.05) is 6.61 Å². The first kappa shape index (κ1) is 29.3. The highest BCUT2D eigenvalue weighted by atomic mass is 32.2. The van der Waals surface area contributed by atoms with Crippen LogP contribution in [-0.2, 0) is 30.1 Å². The van der Waals surface area contributed by atoms with Gasteiger partial charge in [-0.3, -0.25) is 8.98 Å². The maximum Gasteiger partial charge on any atom is 0.296 e. The van der Waals surface area contributed by atoms with Gasteiger partial charge in [0, 0.05) is 12.6 Å². The van der Waals surface area contributed by atoms with Gasteiger partial charge >= 0.3 is 0 Å². The van der Waals surface area contributed by atoms with E-state index in [2.05, 4.69) is 33.9 Å². The van der Waals surface area contributed by atoms with Gasteiger partial charge in [-0.2, -0.15) is 8.42 Å². The molecular weight excluding hydrogens is 502 g/mol. The second-order valence-electron chi connectivity index (χ2n) is 11.4. The van der Waals surface area contributed by atoms with E-state index in [-0.39, 0.29) is 34.6 Å². The van der Waals surface area contributed by atoms with Crippen molar-refractivity contribution in [1.29, 1.82) is 0 Å². The fourth-order valence-electron chi connectivity index (χ4n) is 4.10. The van der Waals surface area contributed by atoms with Crippen LogP contribution in [0.4, 0.5) is 0 Å². The average Bonchev–Trinajstić information content (AvgIpc) is 2.82. The van der Waals surface area contributed by atoms with Gasteiger partial charge in [0.1, 0.15) is 0 Å².